The summed E-state index contributed by atoms with van der Waals surface area (Å²) in [6.45, 7) is 1.65. The zero-order chi connectivity index (χ0) is 18.1. The molecule has 4 rings (SSSR count). The number of hydrogen-bond acceptors (Lipinski definition) is 6. The Hall–Kier alpha value is -3.00. The second-order valence-corrected chi connectivity index (χ2v) is 6.54. The van der Waals surface area contributed by atoms with Crippen LogP contribution >= 0.6 is 0 Å². The van der Waals surface area contributed by atoms with Gasteiger partial charge in [-0.1, -0.05) is 40.7 Å². The highest BCUT2D eigenvalue weighted by Crippen LogP contribution is 2.32. The van der Waals surface area contributed by atoms with E-state index in [0.717, 1.165) is 18.4 Å². The van der Waals surface area contributed by atoms with Gasteiger partial charge in [0.1, 0.15) is 11.4 Å². The summed E-state index contributed by atoms with van der Waals surface area (Å²) >= 11 is 0. The average Bonchev–Trinajstić information content (AvgIpc) is 3.28. The van der Waals surface area contributed by atoms with E-state index in [1.54, 1.807) is 23.9 Å². The Morgan fingerprint density at radius 3 is 2.81 bits per heavy atom. The monoisotopic (exact) mass is 353 g/mol. The fourth-order valence-corrected chi connectivity index (χ4v) is 2.97. The van der Waals surface area contributed by atoms with Gasteiger partial charge >= 0.3 is 0 Å². The lowest BCUT2D eigenvalue weighted by Gasteiger charge is -2.35. The molecule has 1 aromatic carbocycles. The summed E-state index contributed by atoms with van der Waals surface area (Å²) < 4.78 is 6.92. The Kier molecular flexibility index (Phi) is 4.26. The van der Waals surface area contributed by atoms with Crippen LogP contribution in [0.25, 0.3) is 11.3 Å². The minimum Gasteiger partial charge on any atom is -0.387 e. The predicted molar refractivity (Wildman–Crippen MR) is 92.1 cm³/mol. The van der Waals surface area contributed by atoms with Crippen molar-refractivity contribution < 1.29 is 14.4 Å². The van der Waals surface area contributed by atoms with E-state index in [-0.39, 0.29) is 23.8 Å². The molecule has 8 heteroatoms. The average molecular weight is 353 g/mol. The zero-order valence-corrected chi connectivity index (χ0v) is 14.2. The Labute approximate surface area is 149 Å². The van der Waals surface area contributed by atoms with E-state index >= 15 is 0 Å². The van der Waals surface area contributed by atoms with Crippen LogP contribution in [0.1, 0.15) is 48.2 Å². The van der Waals surface area contributed by atoms with E-state index in [1.807, 2.05) is 30.3 Å². The summed E-state index contributed by atoms with van der Waals surface area (Å²) in [4.78, 5) is 12.3. The number of aliphatic hydroxyl groups is 1. The SMILES string of the molecule is CC(O)c1cn([C@H]2C[C@H](NC(=O)c3cc(-c4ccccc4)no3)C2)nn1. The summed E-state index contributed by atoms with van der Waals surface area (Å²) in [7, 11) is 0. The van der Waals surface area contributed by atoms with Crippen molar-refractivity contribution in [1.29, 1.82) is 0 Å². The molecule has 0 aliphatic heterocycles. The number of carbonyl (C=O) groups excluding carboxylic acids is 1. The van der Waals surface area contributed by atoms with E-state index in [0.29, 0.717) is 11.4 Å². The minimum absolute atomic E-state index is 0.0528. The summed E-state index contributed by atoms with van der Waals surface area (Å²) in [5, 5.41) is 24.4. The Balaban J connectivity index is 1.33. The zero-order valence-electron chi connectivity index (χ0n) is 14.2. The van der Waals surface area contributed by atoms with Gasteiger partial charge in [0.15, 0.2) is 0 Å². The van der Waals surface area contributed by atoms with Crippen molar-refractivity contribution in [2.24, 2.45) is 0 Å². The van der Waals surface area contributed by atoms with Crippen LogP contribution < -0.4 is 5.32 Å². The fourth-order valence-electron chi connectivity index (χ4n) is 2.97. The smallest absolute Gasteiger partial charge is 0.290 e. The number of rotatable bonds is 5. The van der Waals surface area contributed by atoms with Crippen molar-refractivity contribution in [2.45, 2.75) is 38.0 Å². The number of hydrogen-bond donors (Lipinski definition) is 2. The molecule has 0 radical (unpaired) electrons. The molecule has 3 aromatic rings. The molecule has 2 N–H and O–H groups in total. The number of nitrogens with one attached hydrogen (secondary N) is 1. The van der Waals surface area contributed by atoms with Gasteiger partial charge in [-0.05, 0) is 19.8 Å². The molecule has 1 atom stereocenters. The Morgan fingerprint density at radius 2 is 2.12 bits per heavy atom. The van der Waals surface area contributed by atoms with Crippen LogP contribution in [0.5, 0.6) is 0 Å². The lowest BCUT2D eigenvalue weighted by atomic mass is 9.87. The van der Waals surface area contributed by atoms with Gasteiger partial charge in [-0.3, -0.25) is 4.79 Å². The normalized spacial score (nSPS) is 20.4. The van der Waals surface area contributed by atoms with Crippen LogP contribution in [0.15, 0.2) is 47.1 Å². The van der Waals surface area contributed by atoms with Crippen LogP contribution in [-0.4, -0.2) is 37.2 Å². The maximum absolute atomic E-state index is 12.3. The minimum atomic E-state index is -0.635. The highest BCUT2D eigenvalue weighted by Gasteiger charge is 2.33. The number of nitrogens with zero attached hydrogens (tertiary/aromatic N) is 4. The largest absolute Gasteiger partial charge is 0.387 e. The molecular formula is C18H19N5O3. The van der Waals surface area contributed by atoms with Crippen molar-refractivity contribution in [2.75, 3.05) is 0 Å². The second kappa shape index (κ2) is 6.72. The van der Waals surface area contributed by atoms with Gasteiger partial charge in [-0.2, -0.15) is 0 Å². The predicted octanol–water partition coefficient (Wildman–Crippen LogP) is 2.12. The molecule has 0 bridgehead atoms. The topological polar surface area (TPSA) is 106 Å². The van der Waals surface area contributed by atoms with Crippen molar-refractivity contribution >= 4 is 5.91 Å². The van der Waals surface area contributed by atoms with E-state index in [2.05, 4.69) is 20.8 Å². The highest BCUT2D eigenvalue weighted by molar-refractivity contribution is 5.92. The first-order valence-electron chi connectivity index (χ1n) is 8.53. The molecule has 134 valence electrons. The lowest BCUT2D eigenvalue weighted by molar-refractivity contribution is 0.0850. The number of amides is 1. The first kappa shape index (κ1) is 16.5. The van der Waals surface area contributed by atoms with Crippen molar-refractivity contribution in [3.8, 4) is 11.3 Å². The maximum Gasteiger partial charge on any atom is 0.290 e. The van der Waals surface area contributed by atoms with Gasteiger partial charge in [-0.25, -0.2) is 4.68 Å². The van der Waals surface area contributed by atoms with E-state index < -0.39 is 6.10 Å². The van der Waals surface area contributed by atoms with Gasteiger partial charge in [0.2, 0.25) is 5.76 Å². The van der Waals surface area contributed by atoms with E-state index in [9.17, 15) is 9.90 Å². The summed E-state index contributed by atoms with van der Waals surface area (Å²) in [5.41, 5.74) is 2.09. The third-order valence-corrected chi connectivity index (χ3v) is 4.58. The molecule has 1 fully saturated rings. The number of aliphatic hydroxyl groups excluding tert-OH is 1. The van der Waals surface area contributed by atoms with Gasteiger partial charge < -0.3 is 14.9 Å². The van der Waals surface area contributed by atoms with Crippen LogP contribution in [0.2, 0.25) is 0 Å². The van der Waals surface area contributed by atoms with Crippen LogP contribution in [0.3, 0.4) is 0 Å². The fraction of sp³-hybridized carbons (Fsp3) is 0.333. The standard InChI is InChI=1S/C18H19N5O3/c1-11(24)16-10-23(22-20-16)14-7-13(8-14)19-18(25)17-9-15(21-26-17)12-5-3-2-4-6-12/h2-6,9-11,13-14,24H,7-8H2,1H3,(H,19,25)/t11?,13-,14-. The van der Waals surface area contributed by atoms with Gasteiger partial charge in [-0.15, -0.1) is 5.10 Å². The molecule has 0 saturated heterocycles. The molecule has 2 heterocycles. The summed E-state index contributed by atoms with van der Waals surface area (Å²) in [6, 6.07) is 11.4. The van der Waals surface area contributed by atoms with E-state index in [1.165, 1.54) is 0 Å². The number of carbonyl (C=O) groups is 1. The molecule has 1 aliphatic carbocycles. The maximum atomic E-state index is 12.3. The van der Waals surface area contributed by atoms with Gasteiger partial charge in [0.05, 0.1) is 18.3 Å². The summed E-state index contributed by atoms with van der Waals surface area (Å²) in [5.74, 6) is -0.0733. The first-order chi connectivity index (χ1) is 12.6. The van der Waals surface area contributed by atoms with Crippen LogP contribution in [-0.2, 0) is 0 Å². The quantitative estimate of drug-likeness (QED) is 0.728. The Morgan fingerprint density at radius 1 is 1.35 bits per heavy atom. The molecule has 8 nitrogen and oxygen atoms in total. The molecule has 1 aliphatic rings. The van der Waals surface area contributed by atoms with Crippen LogP contribution in [0.4, 0.5) is 0 Å². The number of benzene rings is 1. The molecule has 2 aromatic heterocycles. The molecule has 26 heavy (non-hydrogen) atoms. The van der Waals surface area contributed by atoms with Crippen molar-refractivity contribution in [3.05, 3.63) is 54.0 Å². The van der Waals surface area contributed by atoms with Gasteiger partial charge in [0, 0.05) is 17.7 Å². The molecule has 1 saturated carbocycles. The third kappa shape index (κ3) is 3.23. The van der Waals surface area contributed by atoms with Crippen LogP contribution in [0, 0.1) is 0 Å². The third-order valence-electron chi connectivity index (χ3n) is 4.58. The Bertz CT molecular complexity index is 896. The van der Waals surface area contributed by atoms with Crippen molar-refractivity contribution in [1.82, 2.24) is 25.5 Å². The molecular weight excluding hydrogens is 334 g/mol. The van der Waals surface area contributed by atoms with E-state index in [4.69, 9.17) is 4.52 Å². The highest BCUT2D eigenvalue weighted by atomic mass is 16.5. The summed E-state index contributed by atoms with van der Waals surface area (Å²) in [6.07, 6.45) is 2.63. The molecule has 1 amide bonds. The molecule has 0 spiro atoms. The first-order valence-corrected chi connectivity index (χ1v) is 8.53. The lowest BCUT2D eigenvalue weighted by Crippen LogP contribution is -2.45. The second-order valence-electron chi connectivity index (χ2n) is 6.54. The van der Waals surface area contributed by atoms with Crippen molar-refractivity contribution in [3.63, 3.8) is 0 Å². The number of aromatic nitrogens is 4. The van der Waals surface area contributed by atoms with Gasteiger partial charge in [0.25, 0.3) is 5.91 Å². The molecule has 1 unspecified atom stereocenters.